The first-order valence-electron chi connectivity index (χ1n) is 7.87. The first kappa shape index (κ1) is 13.2. The van der Waals surface area contributed by atoms with E-state index in [2.05, 4.69) is 42.5 Å². The number of hydrogen-bond donors (Lipinski definition) is 0. The zero-order valence-electron chi connectivity index (χ0n) is 12.7. The van der Waals surface area contributed by atoms with E-state index in [9.17, 15) is 9.59 Å². The average Bonchev–Trinajstić information content (AvgIpc) is 2.62. The summed E-state index contributed by atoms with van der Waals surface area (Å²) >= 11 is 0. The van der Waals surface area contributed by atoms with E-state index in [-0.39, 0.29) is 11.6 Å². The molecule has 4 aromatic carbocycles. The molecule has 2 heteroatoms. The SMILES string of the molecule is O=C1C=CC(=O)C(c2ccc3ccc4cccc5ccc2c3c45)=C1. The van der Waals surface area contributed by atoms with Gasteiger partial charge in [0.2, 0.25) is 0 Å². The largest absolute Gasteiger partial charge is 0.290 e. The fourth-order valence-corrected chi connectivity index (χ4v) is 3.69. The van der Waals surface area contributed by atoms with Crippen molar-refractivity contribution in [3.8, 4) is 0 Å². The highest BCUT2D eigenvalue weighted by molar-refractivity contribution is 6.37. The van der Waals surface area contributed by atoms with E-state index in [0.29, 0.717) is 5.57 Å². The molecule has 0 saturated heterocycles. The van der Waals surface area contributed by atoms with E-state index in [1.807, 2.05) is 12.1 Å². The van der Waals surface area contributed by atoms with E-state index >= 15 is 0 Å². The number of carbonyl (C=O) groups is 2. The molecule has 4 aromatic rings. The summed E-state index contributed by atoms with van der Waals surface area (Å²) in [6.45, 7) is 0. The number of carbonyl (C=O) groups excluding carboxylic acids is 2. The van der Waals surface area contributed by atoms with Crippen molar-refractivity contribution in [3.63, 3.8) is 0 Å². The molecule has 0 N–H and O–H groups in total. The standard InChI is InChI=1S/C22H12O2/c23-16-8-11-20(24)19(12-16)17-9-6-15-5-4-13-2-1-3-14-7-10-18(17)22(15)21(13)14/h1-12H. The van der Waals surface area contributed by atoms with Gasteiger partial charge in [0.1, 0.15) is 0 Å². The van der Waals surface area contributed by atoms with Crippen molar-refractivity contribution in [1.29, 1.82) is 0 Å². The minimum absolute atomic E-state index is 0.121. The second-order valence-corrected chi connectivity index (χ2v) is 6.13. The Morgan fingerprint density at radius 2 is 1.29 bits per heavy atom. The third-order valence-corrected chi connectivity index (χ3v) is 4.77. The van der Waals surface area contributed by atoms with Crippen LogP contribution in [0.4, 0.5) is 0 Å². The highest BCUT2D eigenvalue weighted by Gasteiger charge is 2.19. The van der Waals surface area contributed by atoms with Gasteiger partial charge in [-0.2, -0.15) is 0 Å². The van der Waals surface area contributed by atoms with Crippen molar-refractivity contribution in [2.75, 3.05) is 0 Å². The van der Waals surface area contributed by atoms with Crippen LogP contribution in [0.3, 0.4) is 0 Å². The lowest BCUT2D eigenvalue weighted by molar-refractivity contribution is -0.113. The van der Waals surface area contributed by atoms with Gasteiger partial charge in [-0.3, -0.25) is 9.59 Å². The molecule has 0 spiro atoms. The van der Waals surface area contributed by atoms with Crippen LogP contribution in [-0.4, -0.2) is 11.6 Å². The van der Waals surface area contributed by atoms with Crippen LogP contribution in [0.2, 0.25) is 0 Å². The molecule has 5 rings (SSSR count). The highest BCUT2D eigenvalue weighted by atomic mass is 16.1. The second-order valence-electron chi connectivity index (χ2n) is 6.13. The van der Waals surface area contributed by atoms with Crippen LogP contribution >= 0.6 is 0 Å². The van der Waals surface area contributed by atoms with E-state index in [4.69, 9.17) is 0 Å². The summed E-state index contributed by atoms with van der Waals surface area (Å²) < 4.78 is 0. The van der Waals surface area contributed by atoms with E-state index < -0.39 is 0 Å². The normalized spacial score (nSPS) is 14.9. The van der Waals surface area contributed by atoms with Crippen LogP contribution < -0.4 is 0 Å². The Balaban J connectivity index is 1.95. The summed E-state index contributed by atoms with van der Waals surface area (Å²) in [7, 11) is 0. The summed E-state index contributed by atoms with van der Waals surface area (Å²) in [4.78, 5) is 24.0. The number of hydrogen-bond acceptors (Lipinski definition) is 2. The van der Waals surface area contributed by atoms with Gasteiger partial charge < -0.3 is 0 Å². The molecule has 24 heavy (non-hydrogen) atoms. The molecule has 0 atom stereocenters. The monoisotopic (exact) mass is 308 g/mol. The molecular weight excluding hydrogens is 296 g/mol. The van der Waals surface area contributed by atoms with E-state index in [1.165, 1.54) is 34.4 Å². The Kier molecular flexibility index (Phi) is 2.54. The number of allylic oxidation sites excluding steroid dienone is 4. The Morgan fingerprint density at radius 1 is 0.625 bits per heavy atom. The van der Waals surface area contributed by atoms with Crippen LogP contribution in [0, 0.1) is 0 Å². The van der Waals surface area contributed by atoms with Crippen molar-refractivity contribution in [3.05, 3.63) is 78.4 Å². The van der Waals surface area contributed by atoms with Gasteiger partial charge in [-0.05, 0) is 56.1 Å². The molecule has 1 aliphatic carbocycles. The molecule has 0 saturated carbocycles. The van der Waals surface area contributed by atoms with Crippen LogP contribution in [0.5, 0.6) is 0 Å². The molecule has 0 bridgehead atoms. The number of rotatable bonds is 1. The minimum Gasteiger partial charge on any atom is -0.290 e. The van der Waals surface area contributed by atoms with Gasteiger partial charge in [-0.15, -0.1) is 0 Å². The van der Waals surface area contributed by atoms with Gasteiger partial charge in [-0.1, -0.05) is 54.6 Å². The smallest absolute Gasteiger partial charge is 0.186 e. The summed E-state index contributed by atoms with van der Waals surface area (Å²) in [5.74, 6) is -0.264. The van der Waals surface area contributed by atoms with Crippen molar-refractivity contribution in [2.45, 2.75) is 0 Å². The zero-order chi connectivity index (χ0) is 16.3. The summed E-state index contributed by atoms with van der Waals surface area (Å²) in [5.41, 5.74) is 1.30. The molecule has 0 aliphatic heterocycles. The number of benzene rings is 4. The van der Waals surface area contributed by atoms with Crippen LogP contribution in [0.15, 0.2) is 72.8 Å². The first-order valence-corrected chi connectivity index (χ1v) is 7.87. The quantitative estimate of drug-likeness (QED) is 0.378. The van der Waals surface area contributed by atoms with Crippen LogP contribution in [0.25, 0.3) is 37.9 Å². The molecule has 2 nitrogen and oxygen atoms in total. The lowest BCUT2D eigenvalue weighted by Crippen LogP contribution is -2.07. The Bertz CT molecular complexity index is 1210. The molecule has 0 unspecified atom stereocenters. The molecule has 0 amide bonds. The lowest BCUT2D eigenvalue weighted by atomic mass is 9.87. The third kappa shape index (κ3) is 1.71. The Hall–Kier alpha value is -3.26. The second kappa shape index (κ2) is 4.62. The fraction of sp³-hybridized carbons (Fsp3) is 0. The topological polar surface area (TPSA) is 34.1 Å². The molecule has 0 radical (unpaired) electrons. The summed E-state index contributed by atoms with van der Waals surface area (Å²) in [6.07, 6.45) is 4.12. The predicted octanol–water partition coefficient (Wildman–Crippen LogP) is 4.68. The number of ketones is 2. The first-order chi connectivity index (χ1) is 11.7. The molecule has 0 heterocycles. The van der Waals surface area contributed by atoms with E-state index in [1.54, 1.807) is 0 Å². The van der Waals surface area contributed by atoms with Gasteiger partial charge in [-0.25, -0.2) is 0 Å². The van der Waals surface area contributed by atoms with Gasteiger partial charge in [0, 0.05) is 5.57 Å². The fourth-order valence-electron chi connectivity index (χ4n) is 3.69. The van der Waals surface area contributed by atoms with Crippen molar-refractivity contribution in [1.82, 2.24) is 0 Å². The molecule has 0 aromatic heterocycles. The highest BCUT2D eigenvalue weighted by Crippen LogP contribution is 2.38. The summed E-state index contributed by atoms with van der Waals surface area (Å²) in [6, 6.07) is 18.6. The van der Waals surface area contributed by atoms with Gasteiger partial charge >= 0.3 is 0 Å². The molecule has 112 valence electrons. The van der Waals surface area contributed by atoms with Crippen molar-refractivity contribution in [2.24, 2.45) is 0 Å². The van der Waals surface area contributed by atoms with Crippen molar-refractivity contribution < 1.29 is 9.59 Å². The maximum atomic E-state index is 12.3. The van der Waals surface area contributed by atoms with Gasteiger partial charge in [0.15, 0.2) is 11.6 Å². The summed E-state index contributed by atoms with van der Waals surface area (Å²) in [5, 5.41) is 6.88. The maximum absolute atomic E-state index is 12.3. The van der Waals surface area contributed by atoms with E-state index in [0.717, 1.165) is 21.7 Å². The zero-order valence-corrected chi connectivity index (χ0v) is 12.7. The lowest BCUT2D eigenvalue weighted by Gasteiger charge is -2.15. The van der Waals surface area contributed by atoms with Gasteiger partial charge in [0.25, 0.3) is 0 Å². The minimum atomic E-state index is -0.143. The molecular formula is C22H12O2. The predicted molar refractivity (Wildman–Crippen MR) is 97.3 cm³/mol. The van der Waals surface area contributed by atoms with Crippen molar-refractivity contribution >= 4 is 49.5 Å². The Labute approximate surface area is 138 Å². The maximum Gasteiger partial charge on any atom is 0.186 e. The molecule has 1 aliphatic rings. The van der Waals surface area contributed by atoms with Crippen LogP contribution in [-0.2, 0) is 9.59 Å². The van der Waals surface area contributed by atoms with Gasteiger partial charge in [0.05, 0.1) is 0 Å². The Morgan fingerprint density at radius 3 is 2.08 bits per heavy atom. The van der Waals surface area contributed by atoms with Crippen LogP contribution in [0.1, 0.15) is 5.56 Å². The third-order valence-electron chi connectivity index (χ3n) is 4.77. The average molecular weight is 308 g/mol. The molecule has 0 fully saturated rings.